The number of Topliss-reactive ketones (excluding diaryl/α,β-unsaturated/α-hetero) is 1. The Hall–Kier alpha value is -3.74. The number of phenols is 1. The van der Waals surface area contributed by atoms with E-state index in [1.807, 2.05) is 6.07 Å². The van der Waals surface area contributed by atoms with Crippen molar-refractivity contribution >= 4 is 23.2 Å². The predicted octanol–water partition coefficient (Wildman–Crippen LogP) is 4.36. The fourth-order valence-corrected chi connectivity index (χ4v) is 3.25. The number of nitrogen functional groups attached to an aromatic ring is 1. The zero-order valence-electron chi connectivity index (χ0n) is 17.4. The van der Waals surface area contributed by atoms with Gasteiger partial charge in [0.05, 0.1) is 11.3 Å². The highest BCUT2D eigenvalue weighted by atomic mass is 19.1. The summed E-state index contributed by atoms with van der Waals surface area (Å²) in [5, 5.41) is 10.4. The third kappa shape index (κ3) is 5.06. The van der Waals surface area contributed by atoms with Gasteiger partial charge in [0.1, 0.15) is 17.4 Å². The molecule has 160 valence electrons. The molecule has 0 bridgehead atoms. The van der Waals surface area contributed by atoms with E-state index in [1.54, 1.807) is 31.3 Å². The number of carbonyl (C=O) groups excluding carboxylic acids is 2. The molecule has 2 aromatic carbocycles. The highest BCUT2D eigenvalue weighted by Gasteiger charge is 2.16. The number of pyridine rings is 1. The number of aryl methyl sites for hydroxylation is 1. The van der Waals surface area contributed by atoms with Crippen molar-refractivity contribution in [3.63, 3.8) is 0 Å². The first-order valence-electron chi connectivity index (χ1n) is 9.93. The molecule has 0 saturated heterocycles. The van der Waals surface area contributed by atoms with Crippen LogP contribution in [0.15, 0.2) is 54.7 Å². The molecule has 6 nitrogen and oxygen atoms in total. The predicted molar refractivity (Wildman–Crippen MR) is 119 cm³/mol. The molecule has 0 aliphatic carbocycles. The monoisotopic (exact) mass is 421 g/mol. The molecule has 0 aliphatic rings. The molecular weight excluding hydrogens is 397 g/mol. The van der Waals surface area contributed by atoms with Crippen molar-refractivity contribution in [3.8, 4) is 16.9 Å². The van der Waals surface area contributed by atoms with Gasteiger partial charge < -0.3 is 15.7 Å². The number of aromatic hydroxyl groups is 1. The lowest BCUT2D eigenvalue weighted by Crippen LogP contribution is -2.25. The van der Waals surface area contributed by atoms with Gasteiger partial charge in [-0.25, -0.2) is 9.37 Å². The van der Waals surface area contributed by atoms with E-state index in [-0.39, 0.29) is 41.5 Å². The van der Waals surface area contributed by atoms with Gasteiger partial charge in [-0.1, -0.05) is 25.1 Å². The molecule has 0 saturated carbocycles. The van der Waals surface area contributed by atoms with Crippen LogP contribution in [0.5, 0.6) is 5.75 Å². The molecule has 0 fully saturated rings. The minimum Gasteiger partial charge on any atom is -0.507 e. The number of hydrogen-bond donors (Lipinski definition) is 2. The number of amides is 1. The average Bonchev–Trinajstić information content (AvgIpc) is 2.77. The Morgan fingerprint density at radius 1 is 1.10 bits per heavy atom. The number of benzene rings is 2. The Kier molecular flexibility index (Phi) is 6.65. The summed E-state index contributed by atoms with van der Waals surface area (Å²) in [5.41, 5.74) is 7.91. The summed E-state index contributed by atoms with van der Waals surface area (Å²) in [6.45, 7) is 1.71. The number of aromatic nitrogens is 1. The molecule has 7 heteroatoms. The first kappa shape index (κ1) is 22.0. The summed E-state index contributed by atoms with van der Waals surface area (Å²) in [6.07, 6.45) is 2.58. The number of carbonyl (C=O) groups is 2. The SMILES string of the molecule is CCC(=O)N(C)c1ccc(-c2ccc(C(=O)CCc3ccc(N)nc3)c(O)c2)cc1F. The fourth-order valence-electron chi connectivity index (χ4n) is 3.25. The molecule has 1 amide bonds. The van der Waals surface area contributed by atoms with Crippen LogP contribution in [-0.2, 0) is 11.2 Å². The number of nitrogens with zero attached hydrogens (tertiary/aromatic N) is 2. The molecule has 31 heavy (non-hydrogen) atoms. The summed E-state index contributed by atoms with van der Waals surface area (Å²) in [7, 11) is 1.52. The summed E-state index contributed by atoms with van der Waals surface area (Å²) in [4.78, 5) is 29.6. The number of anilines is 2. The second-order valence-corrected chi connectivity index (χ2v) is 7.22. The topological polar surface area (TPSA) is 96.5 Å². The Labute approximate surface area is 180 Å². The molecule has 3 rings (SSSR count). The molecule has 0 unspecified atom stereocenters. The van der Waals surface area contributed by atoms with Gasteiger partial charge in [0.25, 0.3) is 0 Å². The van der Waals surface area contributed by atoms with Crippen molar-refractivity contribution in [2.75, 3.05) is 17.7 Å². The van der Waals surface area contributed by atoms with Crippen molar-refractivity contribution in [2.24, 2.45) is 0 Å². The quantitative estimate of drug-likeness (QED) is 0.553. The van der Waals surface area contributed by atoms with Crippen molar-refractivity contribution in [1.82, 2.24) is 4.98 Å². The van der Waals surface area contributed by atoms with E-state index in [9.17, 15) is 19.1 Å². The number of rotatable bonds is 7. The Balaban J connectivity index is 1.75. The highest BCUT2D eigenvalue weighted by Crippen LogP contribution is 2.30. The van der Waals surface area contributed by atoms with E-state index in [4.69, 9.17) is 5.73 Å². The van der Waals surface area contributed by atoms with Gasteiger partial charge in [-0.15, -0.1) is 0 Å². The van der Waals surface area contributed by atoms with Crippen molar-refractivity contribution in [2.45, 2.75) is 26.2 Å². The van der Waals surface area contributed by atoms with Gasteiger partial charge >= 0.3 is 0 Å². The first-order chi connectivity index (χ1) is 14.8. The Bertz CT molecular complexity index is 1110. The van der Waals surface area contributed by atoms with E-state index in [2.05, 4.69) is 4.98 Å². The molecule has 3 N–H and O–H groups in total. The lowest BCUT2D eigenvalue weighted by atomic mass is 9.98. The maximum Gasteiger partial charge on any atom is 0.226 e. The number of halogens is 1. The molecular formula is C24H24FN3O3. The maximum absolute atomic E-state index is 14.6. The number of nitrogens with two attached hydrogens (primary N) is 1. The second kappa shape index (κ2) is 9.38. The molecule has 0 spiro atoms. The smallest absolute Gasteiger partial charge is 0.226 e. The van der Waals surface area contributed by atoms with Gasteiger partial charge in [0.15, 0.2) is 5.78 Å². The highest BCUT2D eigenvalue weighted by molar-refractivity contribution is 5.99. The summed E-state index contributed by atoms with van der Waals surface area (Å²) >= 11 is 0. The third-order valence-corrected chi connectivity index (χ3v) is 5.11. The van der Waals surface area contributed by atoms with E-state index < -0.39 is 5.82 Å². The molecule has 1 aromatic heterocycles. The van der Waals surface area contributed by atoms with Crippen molar-refractivity contribution < 1.29 is 19.1 Å². The van der Waals surface area contributed by atoms with Crippen molar-refractivity contribution in [1.29, 1.82) is 0 Å². The fraction of sp³-hybridized carbons (Fsp3) is 0.208. The number of phenolic OH excluding ortho intramolecular Hbond substituents is 1. The van der Waals surface area contributed by atoms with Crippen molar-refractivity contribution in [3.05, 3.63) is 71.7 Å². The average molecular weight is 421 g/mol. The Morgan fingerprint density at radius 2 is 1.81 bits per heavy atom. The van der Waals surface area contributed by atoms with Gasteiger partial charge in [0.2, 0.25) is 5.91 Å². The van der Waals surface area contributed by atoms with Gasteiger partial charge in [-0.05, 0) is 53.4 Å². The summed E-state index contributed by atoms with van der Waals surface area (Å²) in [6, 6.07) is 12.6. The normalized spacial score (nSPS) is 10.7. The maximum atomic E-state index is 14.6. The van der Waals surface area contributed by atoms with Crippen LogP contribution in [0.3, 0.4) is 0 Å². The van der Waals surface area contributed by atoms with E-state index in [1.165, 1.54) is 36.2 Å². The number of hydrogen-bond acceptors (Lipinski definition) is 5. The minimum atomic E-state index is -0.543. The lowest BCUT2D eigenvalue weighted by molar-refractivity contribution is -0.118. The van der Waals surface area contributed by atoms with Crippen LogP contribution < -0.4 is 10.6 Å². The lowest BCUT2D eigenvalue weighted by Gasteiger charge is -2.18. The molecule has 3 aromatic rings. The van der Waals surface area contributed by atoms with Gasteiger partial charge in [0, 0.05) is 26.1 Å². The van der Waals surface area contributed by atoms with Crippen LogP contribution >= 0.6 is 0 Å². The van der Waals surface area contributed by atoms with Gasteiger partial charge in [-0.3, -0.25) is 9.59 Å². The largest absolute Gasteiger partial charge is 0.507 e. The summed E-state index contributed by atoms with van der Waals surface area (Å²) < 4.78 is 14.6. The van der Waals surface area contributed by atoms with E-state index in [0.717, 1.165) is 5.56 Å². The third-order valence-electron chi connectivity index (χ3n) is 5.11. The van der Waals surface area contributed by atoms with Crippen LogP contribution in [0, 0.1) is 5.82 Å². The van der Waals surface area contributed by atoms with Crippen LogP contribution in [0.2, 0.25) is 0 Å². The van der Waals surface area contributed by atoms with Crippen LogP contribution in [0.1, 0.15) is 35.7 Å². The van der Waals surface area contributed by atoms with Crippen LogP contribution in [0.4, 0.5) is 15.9 Å². The van der Waals surface area contributed by atoms with E-state index in [0.29, 0.717) is 23.4 Å². The zero-order valence-corrected chi connectivity index (χ0v) is 17.4. The van der Waals surface area contributed by atoms with Crippen LogP contribution in [0.25, 0.3) is 11.1 Å². The minimum absolute atomic E-state index is 0.166. The second-order valence-electron chi connectivity index (χ2n) is 7.22. The zero-order chi connectivity index (χ0) is 22.5. The molecule has 0 radical (unpaired) electrons. The van der Waals surface area contributed by atoms with Crippen LogP contribution in [-0.4, -0.2) is 28.8 Å². The Morgan fingerprint density at radius 3 is 2.42 bits per heavy atom. The van der Waals surface area contributed by atoms with E-state index >= 15 is 0 Å². The standard InChI is InChI=1S/C24H24FN3O3/c1-3-24(31)28(2)20-9-7-16(12-19(20)25)17-6-8-18(22(30)13-17)21(29)10-4-15-5-11-23(26)27-14-15/h5-9,11-14,30H,3-4,10H2,1-2H3,(H2,26,27). The molecule has 0 aliphatic heterocycles. The molecule has 0 atom stereocenters. The van der Waals surface area contributed by atoms with Gasteiger partial charge in [-0.2, -0.15) is 0 Å². The first-order valence-corrected chi connectivity index (χ1v) is 9.93. The summed E-state index contributed by atoms with van der Waals surface area (Å²) in [5.74, 6) is -0.695. The number of ketones is 1. The molecule has 1 heterocycles.